The smallest absolute Gasteiger partial charge is 0.416 e. The van der Waals surface area contributed by atoms with Crippen molar-refractivity contribution in [1.82, 2.24) is 5.32 Å². The van der Waals surface area contributed by atoms with E-state index in [1.54, 1.807) is 18.2 Å². The highest BCUT2D eigenvalue weighted by atomic mass is 19.4. The minimum atomic E-state index is -4.75. The molecule has 1 aromatic carbocycles. The van der Waals surface area contributed by atoms with E-state index >= 15 is 0 Å². The van der Waals surface area contributed by atoms with Crippen LogP contribution in [0.4, 0.5) is 13.2 Å². The first-order valence-corrected chi connectivity index (χ1v) is 6.00. The molecule has 0 spiro atoms. The second-order valence-electron chi connectivity index (χ2n) is 4.23. The van der Waals surface area contributed by atoms with Gasteiger partial charge in [0.2, 0.25) is 5.91 Å². The number of benzene rings is 1. The molecule has 0 saturated carbocycles. The number of methoxy groups -OCH3 is 2. The Bertz CT molecular complexity index is 491. The number of alkyl halides is 3. The highest BCUT2D eigenvalue weighted by Crippen LogP contribution is 2.27. The quantitative estimate of drug-likeness (QED) is 0.831. The molecule has 1 atom stereocenters. The van der Waals surface area contributed by atoms with Gasteiger partial charge >= 0.3 is 6.18 Å². The van der Waals surface area contributed by atoms with Gasteiger partial charge < -0.3 is 19.9 Å². The SMILES string of the molecule is COc1ccc(CC(=O)NCC(O)C(F)(F)F)cc1OC. The van der Waals surface area contributed by atoms with Crippen molar-refractivity contribution in [2.24, 2.45) is 0 Å². The summed E-state index contributed by atoms with van der Waals surface area (Å²) in [6, 6.07) is 4.74. The molecule has 118 valence electrons. The molecule has 1 aromatic rings. The van der Waals surface area contributed by atoms with Crippen LogP contribution in [0, 0.1) is 0 Å². The Hall–Kier alpha value is -1.96. The molecule has 0 radical (unpaired) electrons. The van der Waals surface area contributed by atoms with Gasteiger partial charge in [0.05, 0.1) is 27.2 Å². The van der Waals surface area contributed by atoms with Gasteiger partial charge in [0.15, 0.2) is 17.6 Å². The van der Waals surface area contributed by atoms with E-state index in [4.69, 9.17) is 14.6 Å². The van der Waals surface area contributed by atoms with E-state index in [2.05, 4.69) is 0 Å². The predicted molar refractivity (Wildman–Crippen MR) is 68.3 cm³/mol. The number of ether oxygens (including phenoxy) is 2. The van der Waals surface area contributed by atoms with Crippen LogP contribution in [0.2, 0.25) is 0 Å². The van der Waals surface area contributed by atoms with Crippen molar-refractivity contribution in [3.63, 3.8) is 0 Å². The minimum Gasteiger partial charge on any atom is -0.493 e. The van der Waals surface area contributed by atoms with Gasteiger partial charge in [-0.2, -0.15) is 13.2 Å². The molecule has 21 heavy (non-hydrogen) atoms. The molecule has 1 rings (SSSR count). The zero-order chi connectivity index (χ0) is 16.0. The summed E-state index contributed by atoms with van der Waals surface area (Å²) in [4.78, 5) is 11.5. The summed E-state index contributed by atoms with van der Waals surface area (Å²) in [7, 11) is 2.89. The van der Waals surface area contributed by atoms with E-state index in [0.29, 0.717) is 17.1 Å². The lowest BCUT2D eigenvalue weighted by Gasteiger charge is -2.15. The topological polar surface area (TPSA) is 67.8 Å². The lowest BCUT2D eigenvalue weighted by molar-refractivity contribution is -0.201. The van der Waals surface area contributed by atoms with Gasteiger partial charge in [-0.05, 0) is 17.7 Å². The molecule has 1 unspecified atom stereocenters. The van der Waals surface area contributed by atoms with Gasteiger partial charge in [0, 0.05) is 0 Å². The summed E-state index contributed by atoms with van der Waals surface area (Å²) in [6.45, 7) is -0.879. The van der Waals surface area contributed by atoms with E-state index in [9.17, 15) is 18.0 Å². The van der Waals surface area contributed by atoms with E-state index in [0.717, 1.165) is 0 Å². The summed E-state index contributed by atoms with van der Waals surface area (Å²) in [5.74, 6) is 0.262. The molecule has 0 heterocycles. The van der Waals surface area contributed by atoms with E-state index in [1.165, 1.54) is 14.2 Å². The lowest BCUT2D eigenvalue weighted by Crippen LogP contribution is -2.41. The van der Waals surface area contributed by atoms with E-state index < -0.39 is 24.7 Å². The van der Waals surface area contributed by atoms with Crippen LogP contribution in [0.5, 0.6) is 11.5 Å². The zero-order valence-electron chi connectivity index (χ0n) is 11.5. The summed E-state index contributed by atoms with van der Waals surface area (Å²) in [6.07, 6.45) is -7.46. The number of nitrogens with one attached hydrogen (secondary N) is 1. The fraction of sp³-hybridized carbons (Fsp3) is 0.462. The fourth-order valence-corrected chi connectivity index (χ4v) is 1.56. The molecule has 2 N–H and O–H groups in total. The van der Waals surface area contributed by atoms with Crippen LogP contribution in [-0.2, 0) is 11.2 Å². The second kappa shape index (κ2) is 7.16. The Labute approximate surface area is 119 Å². The molecule has 0 aromatic heterocycles. The number of carbonyl (C=O) groups excluding carboxylic acids is 1. The van der Waals surface area contributed by atoms with Gasteiger partial charge in [0.1, 0.15) is 0 Å². The van der Waals surface area contributed by atoms with Crippen molar-refractivity contribution < 1.29 is 32.5 Å². The Morgan fingerprint density at radius 2 is 1.90 bits per heavy atom. The normalized spacial score (nSPS) is 12.7. The molecule has 0 bridgehead atoms. The van der Waals surface area contributed by atoms with Crippen molar-refractivity contribution in [2.75, 3.05) is 20.8 Å². The second-order valence-corrected chi connectivity index (χ2v) is 4.23. The van der Waals surface area contributed by atoms with Crippen LogP contribution in [0.25, 0.3) is 0 Å². The average molecular weight is 307 g/mol. The van der Waals surface area contributed by atoms with Crippen LogP contribution in [0.3, 0.4) is 0 Å². The third kappa shape index (κ3) is 5.14. The Kier molecular flexibility index (Phi) is 5.83. The molecule has 0 saturated heterocycles. The largest absolute Gasteiger partial charge is 0.493 e. The molecule has 8 heteroatoms. The van der Waals surface area contributed by atoms with Crippen molar-refractivity contribution >= 4 is 5.91 Å². The number of aliphatic hydroxyl groups excluding tert-OH is 1. The first kappa shape index (κ1) is 17.1. The van der Waals surface area contributed by atoms with E-state index in [1.807, 2.05) is 5.32 Å². The molecule has 0 aliphatic heterocycles. The van der Waals surface area contributed by atoms with Crippen molar-refractivity contribution in [1.29, 1.82) is 0 Å². The van der Waals surface area contributed by atoms with Crippen LogP contribution >= 0.6 is 0 Å². The maximum atomic E-state index is 12.1. The summed E-state index contributed by atoms with van der Waals surface area (Å²) < 4.78 is 46.3. The number of amides is 1. The minimum absolute atomic E-state index is 0.134. The molecule has 0 aliphatic rings. The van der Waals surface area contributed by atoms with Crippen molar-refractivity contribution in [3.05, 3.63) is 23.8 Å². The number of carbonyl (C=O) groups is 1. The monoisotopic (exact) mass is 307 g/mol. The number of halogens is 3. The Morgan fingerprint density at radius 1 is 1.29 bits per heavy atom. The van der Waals surface area contributed by atoms with Crippen LogP contribution in [0.1, 0.15) is 5.56 Å². The Balaban J connectivity index is 2.59. The maximum absolute atomic E-state index is 12.1. The summed E-state index contributed by atoms with van der Waals surface area (Å²) in [5.41, 5.74) is 0.548. The molecular weight excluding hydrogens is 291 g/mol. The van der Waals surface area contributed by atoms with Crippen LogP contribution in [0.15, 0.2) is 18.2 Å². The molecule has 0 fully saturated rings. The van der Waals surface area contributed by atoms with Gasteiger partial charge in [-0.25, -0.2) is 0 Å². The number of rotatable bonds is 6. The predicted octanol–water partition coefficient (Wildman–Crippen LogP) is 1.29. The van der Waals surface area contributed by atoms with Gasteiger partial charge in [-0.3, -0.25) is 4.79 Å². The fourth-order valence-electron chi connectivity index (χ4n) is 1.56. The third-order valence-electron chi connectivity index (χ3n) is 2.68. The molecule has 0 aliphatic carbocycles. The first-order valence-electron chi connectivity index (χ1n) is 6.00. The van der Waals surface area contributed by atoms with Crippen molar-refractivity contribution in [2.45, 2.75) is 18.7 Å². The Morgan fingerprint density at radius 3 is 2.43 bits per heavy atom. The lowest BCUT2D eigenvalue weighted by atomic mass is 10.1. The first-order chi connectivity index (χ1) is 9.77. The molecule has 1 amide bonds. The number of hydrogen-bond acceptors (Lipinski definition) is 4. The third-order valence-corrected chi connectivity index (χ3v) is 2.68. The highest BCUT2D eigenvalue weighted by Gasteiger charge is 2.38. The molecular formula is C13H16F3NO4. The van der Waals surface area contributed by atoms with E-state index in [-0.39, 0.29) is 6.42 Å². The van der Waals surface area contributed by atoms with Crippen molar-refractivity contribution in [3.8, 4) is 11.5 Å². The number of aliphatic hydroxyl groups is 1. The number of hydrogen-bond donors (Lipinski definition) is 2. The van der Waals surface area contributed by atoms with Crippen LogP contribution in [-0.4, -0.2) is 44.1 Å². The van der Waals surface area contributed by atoms with Crippen LogP contribution < -0.4 is 14.8 Å². The average Bonchev–Trinajstić information content (AvgIpc) is 2.43. The maximum Gasteiger partial charge on any atom is 0.416 e. The highest BCUT2D eigenvalue weighted by molar-refractivity contribution is 5.78. The van der Waals surface area contributed by atoms with Gasteiger partial charge in [0.25, 0.3) is 0 Å². The summed E-state index contributed by atoms with van der Waals surface area (Å²) in [5, 5.41) is 10.8. The van der Waals surface area contributed by atoms with Gasteiger partial charge in [-0.1, -0.05) is 6.07 Å². The summed E-state index contributed by atoms with van der Waals surface area (Å²) >= 11 is 0. The molecule has 5 nitrogen and oxygen atoms in total. The van der Waals surface area contributed by atoms with Gasteiger partial charge in [-0.15, -0.1) is 0 Å². The standard InChI is InChI=1S/C13H16F3NO4/c1-20-9-4-3-8(5-10(9)21-2)6-12(19)17-7-11(18)13(14,15)16/h3-5,11,18H,6-7H2,1-2H3,(H,17,19). The zero-order valence-corrected chi connectivity index (χ0v) is 11.5.